The minimum absolute atomic E-state index is 0.00181. The first kappa shape index (κ1) is 29.8. The Kier molecular flexibility index (Phi) is 8.44. The summed E-state index contributed by atoms with van der Waals surface area (Å²) in [5, 5.41) is 0. The third kappa shape index (κ3) is 5.85. The van der Waals surface area contributed by atoms with Crippen molar-refractivity contribution in [1.82, 2.24) is 0 Å². The lowest BCUT2D eigenvalue weighted by atomic mass is 9.44. The predicted molar refractivity (Wildman–Crippen MR) is 138 cm³/mol. The van der Waals surface area contributed by atoms with Gasteiger partial charge in [-0.1, -0.05) is 20.8 Å². The number of ether oxygens (including phenoxy) is 2. The van der Waals surface area contributed by atoms with Crippen molar-refractivity contribution in [3.63, 3.8) is 0 Å². The first-order valence-corrected chi connectivity index (χ1v) is 15.6. The van der Waals surface area contributed by atoms with Gasteiger partial charge in [0.1, 0.15) is 30.6 Å². The average Bonchev–Trinajstić information content (AvgIpc) is 3.19. The highest BCUT2D eigenvalue weighted by atomic mass is 32.2. The molecule has 218 valence electrons. The third-order valence-corrected chi connectivity index (χ3v) is 11.2. The molecule has 0 amide bonds. The molecule has 4 aliphatic rings. The maximum Gasteiger partial charge on any atom is 0.323 e. The predicted octanol–water partition coefficient (Wildman–Crippen LogP) is 2.96. The molecule has 11 heteroatoms. The van der Waals surface area contributed by atoms with Crippen LogP contribution in [0.15, 0.2) is 0 Å². The number of carbonyl (C=O) groups excluding carboxylic acids is 5. The Morgan fingerprint density at radius 1 is 1.00 bits per heavy atom. The van der Waals surface area contributed by atoms with Gasteiger partial charge in [0, 0.05) is 43.4 Å². The van der Waals surface area contributed by atoms with E-state index in [4.69, 9.17) is 9.29 Å². The van der Waals surface area contributed by atoms with Crippen molar-refractivity contribution in [2.24, 2.45) is 46.3 Å². The first-order chi connectivity index (χ1) is 18.2. The van der Waals surface area contributed by atoms with Crippen LogP contribution < -0.4 is 0 Å². The molecular formula is C28H40O10S. The highest BCUT2D eigenvalue weighted by molar-refractivity contribution is 7.86. The Labute approximate surface area is 229 Å². The molecule has 0 aromatic heterocycles. The number of esters is 2. The topological polar surface area (TPSA) is 158 Å². The molecular weight excluding hydrogens is 528 g/mol. The van der Waals surface area contributed by atoms with Gasteiger partial charge < -0.3 is 9.47 Å². The summed E-state index contributed by atoms with van der Waals surface area (Å²) >= 11 is 0. The van der Waals surface area contributed by atoms with Crippen LogP contribution in [-0.4, -0.2) is 61.2 Å². The van der Waals surface area contributed by atoms with Crippen LogP contribution in [0.4, 0.5) is 0 Å². The van der Waals surface area contributed by atoms with Gasteiger partial charge in [0.25, 0.3) is 10.1 Å². The molecule has 4 fully saturated rings. The van der Waals surface area contributed by atoms with E-state index in [0.29, 0.717) is 32.1 Å². The summed E-state index contributed by atoms with van der Waals surface area (Å²) in [4.78, 5) is 63.0. The Morgan fingerprint density at radius 3 is 2.33 bits per heavy atom. The number of fused-ring (bicyclic) bond motifs is 5. The van der Waals surface area contributed by atoms with Crippen LogP contribution in [0.3, 0.4) is 0 Å². The van der Waals surface area contributed by atoms with Gasteiger partial charge in [-0.15, -0.1) is 0 Å². The van der Waals surface area contributed by atoms with Crippen molar-refractivity contribution in [2.75, 3.05) is 19.0 Å². The van der Waals surface area contributed by atoms with Crippen molar-refractivity contribution in [3.05, 3.63) is 0 Å². The Hall–Kier alpha value is -2.14. The molecule has 10 nitrogen and oxygen atoms in total. The number of hydrogen-bond acceptors (Lipinski definition) is 9. The van der Waals surface area contributed by atoms with Crippen LogP contribution in [0.5, 0.6) is 0 Å². The smallest absolute Gasteiger partial charge is 0.323 e. The van der Waals surface area contributed by atoms with E-state index in [1.165, 1.54) is 0 Å². The summed E-state index contributed by atoms with van der Waals surface area (Å²) in [7, 11) is -4.48. The molecule has 39 heavy (non-hydrogen) atoms. The molecule has 0 saturated heterocycles. The van der Waals surface area contributed by atoms with Crippen LogP contribution in [0.25, 0.3) is 0 Å². The van der Waals surface area contributed by atoms with Gasteiger partial charge in [-0.3, -0.25) is 28.5 Å². The minimum Gasteiger partial charge on any atom is -0.462 e. The molecule has 4 aliphatic carbocycles. The van der Waals surface area contributed by atoms with E-state index in [2.05, 4.69) is 11.7 Å². The molecule has 0 radical (unpaired) electrons. The minimum atomic E-state index is -4.48. The first-order valence-electron chi connectivity index (χ1n) is 14.0. The van der Waals surface area contributed by atoms with Gasteiger partial charge in [-0.2, -0.15) is 8.42 Å². The number of hydrogen-bond donors (Lipinski definition) is 1. The van der Waals surface area contributed by atoms with E-state index >= 15 is 0 Å². The molecule has 0 aromatic carbocycles. The molecule has 4 unspecified atom stereocenters. The fourth-order valence-electron chi connectivity index (χ4n) is 8.51. The van der Waals surface area contributed by atoms with Crippen LogP contribution in [0.1, 0.15) is 78.6 Å². The third-order valence-electron chi connectivity index (χ3n) is 10.6. The van der Waals surface area contributed by atoms with E-state index < -0.39 is 33.2 Å². The molecule has 0 aromatic rings. The summed E-state index contributed by atoms with van der Waals surface area (Å²) in [6, 6.07) is 0. The Morgan fingerprint density at radius 2 is 1.67 bits per heavy atom. The lowest BCUT2D eigenvalue weighted by Crippen LogP contribution is -2.60. The van der Waals surface area contributed by atoms with Crippen molar-refractivity contribution < 1.29 is 46.4 Å². The van der Waals surface area contributed by atoms with Crippen LogP contribution in [0.2, 0.25) is 0 Å². The van der Waals surface area contributed by atoms with Crippen molar-refractivity contribution in [1.29, 1.82) is 0 Å². The molecule has 0 spiro atoms. The van der Waals surface area contributed by atoms with Crippen molar-refractivity contribution in [3.8, 4) is 0 Å². The van der Waals surface area contributed by atoms with E-state index in [0.717, 1.165) is 19.3 Å². The summed E-state index contributed by atoms with van der Waals surface area (Å²) in [6.45, 7) is 5.70. The fourth-order valence-corrected chi connectivity index (χ4v) is 8.89. The standard InChI is InChI=1S/C28H40O10S/c1-16(4-7-24(32)37-10-11-38-25(33)15-39(34,35)36)19-5-6-20-26-21(14-23(31)28(19,20)3)27(2)9-8-18(29)12-17(27)13-22(26)30/h16-17,19-21,26H,4-15H2,1-3H3,(H,34,35,36)/t16-,17?,19-,20?,21?,26?,27+,28-/m1/s1. The average molecular weight is 569 g/mol. The van der Waals surface area contributed by atoms with Crippen LogP contribution in [-0.2, 0) is 43.6 Å². The zero-order chi connectivity index (χ0) is 28.8. The summed E-state index contributed by atoms with van der Waals surface area (Å²) in [5.41, 5.74) is -0.771. The molecule has 8 atom stereocenters. The monoisotopic (exact) mass is 568 g/mol. The quantitative estimate of drug-likeness (QED) is 0.249. The molecule has 4 saturated carbocycles. The SMILES string of the molecule is C[C@H](CCC(=O)OCCOC(=O)CS(=O)(=O)O)[C@H]1CCC2C3C(=O)CC4CC(=O)CC[C@]4(C)C3CC(=O)[C@@]21C. The summed E-state index contributed by atoms with van der Waals surface area (Å²) in [6.07, 6.45) is 4.80. The zero-order valence-electron chi connectivity index (χ0n) is 23.0. The van der Waals surface area contributed by atoms with Crippen LogP contribution >= 0.6 is 0 Å². The van der Waals surface area contributed by atoms with Gasteiger partial charge >= 0.3 is 11.9 Å². The van der Waals surface area contributed by atoms with Gasteiger partial charge in [-0.05, 0) is 60.7 Å². The van der Waals surface area contributed by atoms with E-state index in [1.807, 2.05) is 13.8 Å². The normalized spacial score (nSPS) is 36.9. The van der Waals surface area contributed by atoms with Crippen LogP contribution in [0, 0.1) is 46.3 Å². The molecule has 0 bridgehead atoms. The summed E-state index contributed by atoms with van der Waals surface area (Å²) in [5.74, 6) is -2.15. The number of ketones is 3. The maximum atomic E-state index is 13.8. The second kappa shape index (κ2) is 11.0. The lowest BCUT2D eigenvalue weighted by molar-refractivity contribution is -0.166. The number of carbonyl (C=O) groups is 5. The molecule has 1 N–H and O–H groups in total. The van der Waals surface area contributed by atoms with Gasteiger partial charge in [0.05, 0.1) is 0 Å². The van der Waals surface area contributed by atoms with Crippen molar-refractivity contribution >= 4 is 39.4 Å². The van der Waals surface area contributed by atoms with E-state index in [9.17, 15) is 32.4 Å². The maximum absolute atomic E-state index is 13.8. The largest absolute Gasteiger partial charge is 0.462 e. The van der Waals surface area contributed by atoms with Gasteiger partial charge in [-0.25, -0.2) is 0 Å². The highest BCUT2D eigenvalue weighted by Crippen LogP contribution is 2.66. The van der Waals surface area contributed by atoms with E-state index in [-0.39, 0.29) is 77.9 Å². The molecule has 0 aliphatic heterocycles. The fraction of sp³-hybridized carbons (Fsp3) is 0.821. The highest BCUT2D eigenvalue weighted by Gasteiger charge is 2.66. The molecule has 4 rings (SSSR count). The molecule has 0 heterocycles. The van der Waals surface area contributed by atoms with Gasteiger partial charge in [0.15, 0.2) is 5.75 Å². The van der Waals surface area contributed by atoms with E-state index in [1.54, 1.807) is 0 Å². The second-order valence-corrected chi connectivity index (χ2v) is 14.1. The second-order valence-electron chi connectivity index (χ2n) is 12.6. The Bertz CT molecular complexity index is 1140. The Balaban J connectivity index is 1.33. The zero-order valence-corrected chi connectivity index (χ0v) is 23.8. The van der Waals surface area contributed by atoms with Gasteiger partial charge in [0.2, 0.25) is 0 Å². The number of rotatable bonds is 9. The summed E-state index contributed by atoms with van der Waals surface area (Å²) < 4.78 is 39.6. The number of Topliss-reactive ketones (excluding diaryl/α,β-unsaturated/α-hetero) is 3. The van der Waals surface area contributed by atoms with Crippen molar-refractivity contribution in [2.45, 2.75) is 78.6 Å². The lowest BCUT2D eigenvalue weighted by Gasteiger charge is -2.58.